The summed E-state index contributed by atoms with van der Waals surface area (Å²) in [4.78, 5) is 1.20. The SMILES string of the molecule is CSc1ccccc1-n1cc(CNCC(C)C)nn1. The van der Waals surface area contributed by atoms with Crippen molar-refractivity contribution in [3.05, 3.63) is 36.2 Å². The smallest absolute Gasteiger partial charge is 0.0969 e. The van der Waals surface area contributed by atoms with Gasteiger partial charge in [0.05, 0.1) is 17.6 Å². The molecule has 0 spiro atoms. The van der Waals surface area contributed by atoms with Crippen molar-refractivity contribution in [3.8, 4) is 5.69 Å². The highest BCUT2D eigenvalue weighted by Gasteiger charge is 2.06. The van der Waals surface area contributed by atoms with E-state index in [2.05, 4.69) is 47.9 Å². The lowest BCUT2D eigenvalue weighted by Gasteiger charge is -2.05. The predicted molar refractivity (Wildman–Crippen MR) is 79.7 cm³/mol. The fourth-order valence-electron chi connectivity index (χ4n) is 1.81. The molecular formula is C14H20N4S. The number of nitrogens with zero attached hydrogens (tertiary/aromatic N) is 3. The number of hydrogen-bond acceptors (Lipinski definition) is 4. The lowest BCUT2D eigenvalue weighted by molar-refractivity contribution is 0.548. The van der Waals surface area contributed by atoms with Gasteiger partial charge in [0.1, 0.15) is 0 Å². The molecule has 0 atom stereocenters. The number of rotatable bonds is 6. The molecule has 2 rings (SSSR count). The highest BCUT2D eigenvalue weighted by Crippen LogP contribution is 2.22. The Bertz CT molecular complexity index is 522. The van der Waals surface area contributed by atoms with Gasteiger partial charge < -0.3 is 5.32 Å². The zero-order valence-electron chi connectivity index (χ0n) is 11.6. The molecule has 2 aromatic rings. The average Bonchev–Trinajstić information content (AvgIpc) is 2.87. The van der Waals surface area contributed by atoms with E-state index in [9.17, 15) is 0 Å². The standard InChI is InChI=1S/C14H20N4S/c1-11(2)8-15-9-12-10-18(17-16-12)13-6-4-5-7-14(13)19-3/h4-7,10-11,15H,8-9H2,1-3H3. The maximum atomic E-state index is 4.21. The molecule has 0 fully saturated rings. The quantitative estimate of drug-likeness (QED) is 0.824. The topological polar surface area (TPSA) is 42.7 Å². The minimum Gasteiger partial charge on any atom is -0.311 e. The van der Waals surface area contributed by atoms with Crippen molar-refractivity contribution in [2.24, 2.45) is 5.92 Å². The third-order valence-corrected chi connectivity index (χ3v) is 3.52. The van der Waals surface area contributed by atoms with E-state index in [0.29, 0.717) is 5.92 Å². The zero-order chi connectivity index (χ0) is 13.7. The van der Waals surface area contributed by atoms with Crippen LogP contribution in [0.2, 0.25) is 0 Å². The molecule has 19 heavy (non-hydrogen) atoms. The Morgan fingerprint density at radius 2 is 2.11 bits per heavy atom. The van der Waals surface area contributed by atoms with Crippen LogP contribution < -0.4 is 5.32 Å². The summed E-state index contributed by atoms with van der Waals surface area (Å²) >= 11 is 1.72. The molecule has 102 valence electrons. The lowest BCUT2D eigenvalue weighted by atomic mass is 10.2. The molecule has 1 aromatic heterocycles. The number of nitrogens with one attached hydrogen (secondary N) is 1. The lowest BCUT2D eigenvalue weighted by Crippen LogP contribution is -2.19. The Kier molecular flexibility index (Phi) is 4.99. The number of para-hydroxylation sites is 1. The molecule has 0 bridgehead atoms. The van der Waals surface area contributed by atoms with Crippen LogP contribution in [0.15, 0.2) is 35.4 Å². The van der Waals surface area contributed by atoms with Gasteiger partial charge >= 0.3 is 0 Å². The average molecular weight is 276 g/mol. The maximum absolute atomic E-state index is 4.21. The molecule has 0 radical (unpaired) electrons. The van der Waals surface area contributed by atoms with Gasteiger partial charge in [0, 0.05) is 11.4 Å². The van der Waals surface area contributed by atoms with Crippen LogP contribution in [0.5, 0.6) is 0 Å². The van der Waals surface area contributed by atoms with Gasteiger partial charge in [-0.15, -0.1) is 16.9 Å². The molecule has 0 saturated carbocycles. The third kappa shape index (κ3) is 3.81. The number of hydrogen-bond donors (Lipinski definition) is 1. The summed E-state index contributed by atoms with van der Waals surface area (Å²) in [6.45, 7) is 6.14. The van der Waals surface area contributed by atoms with Crippen LogP contribution >= 0.6 is 11.8 Å². The van der Waals surface area contributed by atoms with Crippen LogP contribution in [0.1, 0.15) is 19.5 Å². The summed E-state index contributed by atoms with van der Waals surface area (Å²) in [5, 5.41) is 11.8. The van der Waals surface area contributed by atoms with Crippen LogP contribution in [-0.4, -0.2) is 27.8 Å². The first-order valence-corrected chi connectivity index (χ1v) is 7.68. The first kappa shape index (κ1) is 14.1. The van der Waals surface area contributed by atoms with E-state index in [0.717, 1.165) is 24.5 Å². The summed E-state index contributed by atoms with van der Waals surface area (Å²) in [5.41, 5.74) is 2.05. The van der Waals surface area contributed by atoms with Gasteiger partial charge in [-0.25, -0.2) is 4.68 Å². The van der Waals surface area contributed by atoms with Crippen LogP contribution in [-0.2, 0) is 6.54 Å². The van der Waals surface area contributed by atoms with Crippen LogP contribution in [0.25, 0.3) is 5.69 Å². The molecule has 1 N–H and O–H groups in total. The highest BCUT2D eigenvalue weighted by molar-refractivity contribution is 7.98. The zero-order valence-corrected chi connectivity index (χ0v) is 12.4. The number of benzene rings is 1. The predicted octanol–water partition coefficient (Wildman–Crippen LogP) is 2.73. The normalized spacial score (nSPS) is 11.2. The minimum absolute atomic E-state index is 0.646. The van der Waals surface area contributed by atoms with E-state index < -0.39 is 0 Å². The van der Waals surface area contributed by atoms with Gasteiger partial charge in [-0.3, -0.25) is 0 Å². The van der Waals surface area contributed by atoms with Gasteiger partial charge in [0.15, 0.2) is 0 Å². The molecule has 0 aliphatic rings. The summed E-state index contributed by atoms with van der Waals surface area (Å²) in [6, 6.07) is 8.22. The van der Waals surface area contributed by atoms with Crippen molar-refractivity contribution in [1.82, 2.24) is 20.3 Å². The van der Waals surface area contributed by atoms with Crippen LogP contribution in [0.4, 0.5) is 0 Å². The van der Waals surface area contributed by atoms with Crippen molar-refractivity contribution in [1.29, 1.82) is 0 Å². The van der Waals surface area contributed by atoms with Crippen molar-refractivity contribution >= 4 is 11.8 Å². The second-order valence-electron chi connectivity index (χ2n) is 4.85. The molecule has 5 heteroatoms. The molecule has 0 amide bonds. The van der Waals surface area contributed by atoms with E-state index >= 15 is 0 Å². The van der Waals surface area contributed by atoms with Gasteiger partial charge in [-0.05, 0) is 30.9 Å². The van der Waals surface area contributed by atoms with E-state index in [-0.39, 0.29) is 0 Å². The van der Waals surface area contributed by atoms with E-state index in [1.54, 1.807) is 11.8 Å². The van der Waals surface area contributed by atoms with E-state index in [4.69, 9.17) is 0 Å². The Balaban J connectivity index is 2.08. The maximum Gasteiger partial charge on any atom is 0.0969 e. The van der Waals surface area contributed by atoms with Crippen molar-refractivity contribution < 1.29 is 0 Å². The Morgan fingerprint density at radius 1 is 1.32 bits per heavy atom. The van der Waals surface area contributed by atoms with Crippen molar-refractivity contribution in [2.45, 2.75) is 25.3 Å². The molecular weight excluding hydrogens is 256 g/mol. The van der Waals surface area contributed by atoms with Crippen molar-refractivity contribution in [2.75, 3.05) is 12.8 Å². The molecule has 0 aliphatic heterocycles. The summed E-state index contributed by atoms with van der Waals surface area (Å²) < 4.78 is 1.85. The largest absolute Gasteiger partial charge is 0.311 e. The summed E-state index contributed by atoms with van der Waals surface area (Å²) in [6.07, 6.45) is 4.06. The summed E-state index contributed by atoms with van der Waals surface area (Å²) in [5.74, 6) is 0.646. The molecule has 0 unspecified atom stereocenters. The molecule has 0 aliphatic carbocycles. The highest BCUT2D eigenvalue weighted by atomic mass is 32.2. The monoisotopic (exact) mass is 276 g/mol. The number of thioether (sulfide) groups is 1. The molecule has 0 saturated heterocycles. The van der Waals surface area contributed by atoms with Gasteiger partial charge in [-0.1, -0.05) is 31.2 Å². The molecule has 1 heterocycles. The number of aromatic nitrogens is 3. The van der Waals surface area contributed by atoms with E-state index in [1.165, 1.54) is 4.90 Å². The molecule has 4 nitrogen and oxygen atoms in total. The third-order valence-electron chi connectivity index (χ3n) is 2.73. The minimum atomic E-state index is 0.646. The first-order chi connectivity index (χ1) is 9.20. The second-order valence-corrected chi connectivity index (χ2v) is 5.70. The Morgan fingerprint density at radius 3 is 2.84 bits per heavy atom. The fourth-order valence-corrected chi connectivity index (χ4v) is 2.39. The Hall–Kier alpha value is -1.33. The van der Waals surface area contributed by atoms with Crippen LogP contribution in [0.3, 0.4) is 0 Å². The summed E-state index contributed by atoms with van der Waals surface area (Å²) in [7, 11) is 0. The van der Waals surface area contributed by atoms with E-state index in [1.807, 2.05) is 23.0 Å². The van der Waals surface area contributed by atoms with Gasteiger partial charge in [-0.2, -0.15) is 0 Å². The van der Waals surface area contributed by atoms with Gasteiger partial charge in [0.25, 0.3) is 0 Å². The molecule has 1 aromatic carbocycles. The second kappa shape index (κ2) is 6.73. The Labute approximate surface area is 118 Å². The van der Waals surface area contributed by atoms with Crippen LogP contribution in [0, 0.1) is 5.92 Å². The van der Waals surface area contributed by atoms with Crippen molar-refractivity contribution in [3.63, 3.8) is 0 Å². The fraction of sp³-hybridized carbons (Fsp3) is 0.429. The van der Waals surface area contributed by atoms with Gasteiger partial charge in [0.2, 0.25) is 0 Å². The first-order valence-electron chi connectivity index (χ1n) is 6.46.